The lowest BCUT2D eigenvalue weighted by atomic mass is 10.4. The van der Waals surface area contributed by atoms with Crippen LogP contribution in [0.25, 0.3) is 5.65 Å². The lowest BCUT2D eigenvalue weighted by Gasteiger charge is -2.17. The molecule has 0 aliphatic heterocycles. The van der Waals surface area contributed by atoms with Crippen LogP contribution in [0.5, 0.6) is 11.8 Å². The van der Waals surface area contributed by atoms with Crippen molar-refractivity contribution in [1.29, 1.82) is 0 Å². The molecule has 0 N–H and O–H groups in total. The third-order valence-corrected chi connectivity index (χ3v) is 3.32. The number of methoxy groups -OCH3 is 2. The minimum absolute atomic E-state index is 0.465. The van der Waals surface area contributed by atoms with Gasteiger partial charge in [0.2, 0.25) is 17.7 Å². The van der Waals surface area contributed by atoms with Crippen LogP contribution in [0.2, 0.25) is 0 Å². The summed E-state index contributed by atoms with van der Waals surface area (Å²) in [5, 5.41) is 0. The summed E-state index contributed by atoms with van der Waals surface area (Å²) in [7, 11) is 5.04. The Morgan fingerprint density at radius 2 is 1.86 bits per heavy atom. The Morgan fingerprint density at radius 1 is 1.14 bits per heavy atom. The Bertz CT molecular complexity index is 764. The van der Waals surface area contributed by atoms with E-state index < -0.39 is 0 Å². The Hall–Kier alpha value is -2.83. The number of nitrogens with zero attached hydrogens (tertiary/aromatic N) is 5. The molecule has 114 valence electrons. The number of aromatic nitrogens is 4. The average molecular weight is 299 g/mol. The zero-order valence-corrected chi connectivity index (χ0v) is 12.7. The second-order valence-corrected chi connectivity index (χ2v) is 4.79. The molecule has 0 fully saturated rings. The van der Waals surface area contributed by atoms with Crippen LogP contribution in [0.4, 0.5) is 5.95 Å². The normalized spacial score (nSPS) is 10.7. The molecule has 7 heteroatoms. The highest BCUT2D eigenvalue weighted by Crippen LogP contribution is 2.20. The molecule has 0 radical (unpaired) electrons. The zero-order chi connectivity index (χ0) is 15.5. The Morgan fingerprint density at radius 3 is 2.55 bits per heavy atom. The first-order valence-corrected chi connectivity index (χ1v) is 6.80. The van der Waals surface area contributed by atoms with Gasteiger partial charge in [-0.05, 0) is 12.1 Å². The van der Waals surface area contributed by atoms with Crippen LogP contribution in [-0.2, 0) is 6.54 Å². The zero-order valence-electron chi connectivity index (χ0n) is 12.7. The van der Waals surface area contributed by atoms with Crippen molar-refractivity contribution < 1.29 is 9.47 Å². The second-order valence-electron chi connectivity index (χ2n) is 4.79. The number of fused-ring (bicyclic) bond motifs is 1. The smallest absolute Gasteiger partial charge is 0.232 e. The maximum Gasteiger partial charge on any atom is 0.232 e. The predicted molar refractivity (Wildman–Crippen MR) is 82.4 cm³/mol. The number of hydrogen-bond acceptors (Lipinski definition) is 6. The highest BCUT2D eigenvalue weighted by molar-refractivity contribution is 5.42. The van der Waals surface area contributed by atoms with E-state index in [0.29, 0.717) is 24.3 Å². The summed E-state index contributed by atoms with van der Waals surface area (Å²) in [5.74, 6) is 1.46. The van der Waals surface area contributed by atoms with E-state index in [4.69, 9.17) is 9.47 Å². The van der Waals surface area contributed by atoms with Crippen molar-refractivity contribution in [1.82, 2.24) is 19.4 Å². The molecule has 3 heterocycles. The van der Waals surface area contributed by atoms with Crippen LogP contribution in [0.15, 0.2) is 36.7 Å². The summed E-state index contributed by atoms with van der Waals surface area (Å²) in [6, 6.07) is 7.55. The summed E-state index contributed by atoms with van der Waals surface area (Å²) in [4.78, 5) is 15.0. The van der Waals surface area contributed by atoms with Gasteiger partial charge in [0.25, 0.3) is 0 Å². The van der Waals surface area contributed by atoms with Gasteiger partial charge in [-0.25, -0.2) is 4.98 Å². The Balaban J connectivity index is 1.89. The van der Waals surface area contributed by atoms with Crippen LogP contribution in [-0.4, -0.2) is 40.6 Å². The molecular formula is C15H17N5O2. The Kier molecular flexibility index (Phi) is 3.78. The van der Waals surface area contributed by atoms with E-state index in [1.807, 2.05) is 46.9 Å². The molecule has 0 aliphatic rings. The SMILES string of the molecule is COc1cc(OC)nc(N(C)Cc2cnc3ccccn23)n1. The molecule has 0 atom stereocenters. The van der Waals surface area contributed by atoms with Gasteiger partial charge in [-0.2, -0.15) is 9.97 Å². The van der Waals surface area contributed by atoms with Crippen molar-refractivity contribution in [3.8, 4) is 11.8 Å². The van der Waals surface area contributed by atoms with Crippen LogP contribution in [0, 0.1) is 0 Å². The van der Waals surface area contributed by atoms with Gasteiger partial charge in [0.05, 0.1) is 38.7 Å². The molecule has 0 amide bonds. The molecule has 0 unspecified atom stereocenters. The number of rotatable bonds is 5. The Labute approximate surface area is 128 Å². The summed E-state index contributed by atoms with van der Waals surface area (Å²) < 4.78 is 12.4. The standard InChI is InChI=1S/C15H17N5O2/c1-19(15-17-13(21-2)8-14(18-15)22-3)10-11-9-16-12-6-4-5-7-20(11)12/h4-9H,10H2,1-3H3. The van der Waals surface area contributed by atoms with Crippen LogP contribution >= 0.6 is 0 Å². The molecule has 0 aromatic carbocycles. The van der Waals surface area contributed by atoms with E-state index in [-0.39, 0.29) is 0 Å². The summed E-state index contributed by atoms with van der Waals surface area (Å²) in [5.41, 5.74) is 1.96. The molecule has 7 nitrogen and oxygen atoms in total. The number of pyridine rings is 1. The van der Waals surface area contributed by atoms with E-state index in [0.717, 1.165) is 11.3 Å². The van der Waals surface area contributed by atoms with Crippen molar-refractivity contribution in [2.45, 2.75) is 6.54 Å². The maximum absolute atomic E-state index is 5.18. The third kappa shape index (κ3) is 2.65. The summed E-state index contributed by atoms with van der Waals surface area (Å²) in [6.07, 6.45) is 3.84. The summed E-state index contributed by atoms with van der Waals surface area (Å²) in [6.45, 7) is 0.613. The molecule has 3 aromatic heterocycles. The van der Waals surface area contributed by atoms with Gasteiger partial charge in [0, 0.05) is 13.2 Å². The molecule has 0 bridgehead atoms. The van der Waals surface area contributed by atoms with Crippen LogP contribution in [0.1, 0.15) is 5.69 Å². The van der Waals surface area contributed by atoms with Crippen molar-refractivity contribution in [3.05, 3.63) is 42.4 Å². The van der Waals surface area contributed by atoms with Crippen LogP contribution in [0.3, 0.4) is 0 Å². The van der Waals surface area contributed by atoms with Crippen molar-refractivity contribution in [2.24, 2.45) is 0 Å². The molecule has 0 aliphatic carbocycles. The van der Waals surface area contributed by atoms with Gasteiger partial charge in [-0.3, -0.25) is 0 Å². The highest BCUT2D eigenvalue weighted by Gasteiger charge is 2.12. The van der Waals surface area contributed by atoms with E-state index in [2.05, 4.69) is 15.0 Å². The third-order valence-electron chi connectivity index (χ3n) is 3.32. The topological polar surface area (TPSA) is 64.8 Å². The van der Waals surface area contributed by atoms with Crippen molar-refractivity contribution in [2.75, 3.05) is 26.2 Å². The second kappa shape index (κ2) is 5.88. The molecule has 0 saturated carbocycles. The predicted octanol–water partition coefficient (Wildman–Crippen LogP) is 1.78. The lowest BCUT2D eigenvalue weighted by molar-refractivity contribution is 0.371. The van der Waals surface area contributed by atoms with Gasteiger partial charge in [0.1, 0.15) is 5.65 Å². The van der Waals surface area contributed by atoms with E-state index in [1.165, 1.54) is 0 Å². The maximum atomic E-state index is 5.18. The van der Waals surface area contributed by atoms with Gasteiger partial charge in [-0.15, -0.1) is 0 Å². The molecule has 0 saturated heterocycles. The number of hydrogen-bond donors (Lipinski definition) is 0. The largest absolute Gasteiger partial charge is 0.481 e. The lowest BCUT2D eigenvalue weighted by Crippen LogP contribution is -2.20. The van der Waals surface area contributed by atoms with E-state index >= 15 is 0 Å². The monoisotopic (exact) mass is 299 g/mol. The van der Waals surface area contributed by atoms with Gasteiger partial charge >= 0.3 is 0 Å². The first-order chi connectivity index (χ1) is 10.7. The number of anilines is 1. The molecule has 0 spiro atoms. The molecule has 3 aromatic rings. The van der Waals surface area contributed by atoms with Gasteiger partial charge in [-0.1, -0.05) is 6.07 Å². The average Bonchev–Trinajstić information content (AvgIpc) is 2.97. The highest BCUT2D eigenvalue weighted by atomic mass is 16.5. The van der Waals surface area contributed by atoms with Gasteiger partial charge in [0.15, 0.2) is 0 Å². The minimum atomic E-state index is 0.465. The molecule has 22 heavy (non-hydrogen) atoms. The fourth-order valence-corrected chi connectivity index (χ4v) is 2.19. The number of imidazole rings is 1. The molecular weight excluding hydrogens is 282 g/mol. The number of ether oxygens (including phenoxy) is 2. The fraction of sp³-hybridized carbons (Fsp3) is 0.267. The van der Waals surface area contributed by atoms with E-state index in [1.54, 1.807) is 20.3 Å². The minimum Gasteiger partial charge on any atom is -0.481 e. The molecule has 3 rings (SSSR count). The first kappa shape index (κ1) is 14.1. The van der Waals surface area contributed by atoms with Crippen molar-refractivity contribution >= 4 is 11.6 Å². The quantitative estimate of drug-likeness (QED) is 0.715. The van der Waals surface area contributed by atoms with E-state index in [9.17, 15) is 0 Å². The summed E-state index contributed by atoms with van der Waals surface area (Å²) >= 11 is 0. The first-order valence-electron chi connectivity index (χ1n) is 6.80. The van der Waals surface area contributed by atoms with Crippen LogP contribution < -0.4 is 14.4 Å². The van der Waals surface area contributed by atoms with Crippen molar-refractivity contribution in [3.63, 3.8) is 0 Å². The van der Waals surface area contributed by atoms with Gasteiger partial charge < -0.3 is 18.8 Å². The fourth-order valence-electron chi connectivity index (χ4n) is 2.19.